The summed E-state index contributed by atoms with van der Waals surface area (Å²) < 4.78 is 1.95. The molecule has 76 valence electrons. The summed E-state index contributed by atoms with van der Waals surface area (Å²) in [6, 6.07) is 8.46. The molecule has 2 aromatic rings. The van der Waals surface area contributed by atoms with Crippen molar-refractivity contribution in [3.63, 3.8) is 0 Å². The third kappa shape index (κ3) is 1.31. The molecule has 1 aromatic heterocycles. The molecule has 0 saturated carbocycles. The van der Waals surface area contributed by atoms with Gasteiger partial charge < -0.3 is 5.32 Å². The number of nitrogens with zero attached hydrogens (tertiary/aromatic N) is 2. The van der Waals surface area contributed by atoms with Crippen LogP contribution >= 0.6 is 0 Å². The van der Waals surface area contributed by atoms with Crippen LogP contribution in [0.4, 0.5) is 11.4 Å². The van der Waals surface area contributed by atoms with Gasteiger partial charge in [0, 0.05) is 12.7 Å². The smallest absolute Gasteiger partial charge is 0.0803 e. The highest BCUT2D eigenvalue weighted by Crippen LogP contribution is 2.28. The number of hydrogen-bond donors (Lipinski definition) is 1. The average molecular weight is 199 g/mol. The number of benzene rings is 1. The lowest BCUT2D eigenvalue weighted by molar-refractivity contribution is 0.706. The summed E-state index contributed by atoms with van der Waals surface area (Å²) in [6.07, 6.45) is 4.03. The van der Waals surface area contributed by atoms with Crippen molar-refractivity contribution in [2.75, 3.05) is 5.32 Å². The number of para-hydroxylation sites is 1. The summed E-state index contributed by atoms with van der Waals surface area (Å²) in [5.41, 5.74) is 5.02. The average Bonchev–Trinajstić information content (AvgIpc) is 2.51. The molecule has 0 fully saturated rings. The van der Waals surface area contributed by atoms with Gasteiger partial charge in [0.15, 0.2) is 0 Å². The van der Waals surface area contributed by atoms with E-state index in [-0.39, 0.29) is 0 Å². The standard InChI is InChI=1S/C12H13N3/c1-15-12-7-6-9-4-2-3-5-10(9)14-11(12)8-13-15/h2-5,8,14H,6-7H2,1H3. The van der Waals surface area contributed by atoms with E-state index in [4.69, 9.17) is 0 Å². The van der Waals surface area contributed by atoms with Crippen LogP contribution in [0.15, 0.2) is 30.5 Å². The summed E-state index contributed by atoms with van der Waals surface area (Å²) in [7, 11) is 2.00. The first-order valence-corrected chi connectivity index (χ1v) is 5.20. The first kappa shape index (κ1) is 8.53. The van der Waals surface area contributed by atoms with Gasteiger partial charge in [-0.15, -0.1) is 0 Å². The summed E-state index contributed by atoms with van der Waals surface area (Å²) in [5, 5.41) is 7.71. The number of fused-ring (bicyclic) bond motifs is 2. The minimum Gasteiger partial charge on any atom is -0.353 e. The Bertz CT molecular complexity index is 499. The van der Waals surface area contributed by atoms with Gasteiger partial charge in [-0.05, 0) is 24.5 Å². The van der Waals surface area contributed by atoms with E-state index in [1.165, 1.54) is 16.9 Å². The molecule has 0 spiro atoms. The Morgan fingerprint density at radius 3 is 3.00 bits per heavy atom. The van der Waals surface area contributed by atoms with Gasteiger partial charge in [-0.3, -0.25) is 4.68 Å². The van der Waals surface area contributed by atoms with E-state index >= 15 is 0 Å². The Morgan fingerprint density at radius 2 is 2.07 bits per heavy atom. The van der Waals surface area contributed by atoms with Crippen LogP contribution in [-0.4, -0.2) is 9.78 Å². The van der Waals surface area contributed by atoms with Crippen molar-refractivity contribution in [2.45, 2.75) is 12.8 Å². The Morgan fingerprint density at radius 1 is 1.20 bits per heavy atom. The largest absolute Gasteiger partial charge is 0.353 e. The van der Waals surface area contributed by atoms with Gasteiger partial charge in [0.05, 0.1) is 17.6 Å². The predicted octanol–water partition coefficient (Wildman–Crippen LogP) is 2.26. The van der Waals surface area contributed by atoms with Crippen molar-refractivity contribution in [2.24, 2.45) is 7.05 Å². The third-order valence-corrected chi connectivity index (χ3v) is 2.98. The molecule has 0 saturated heterocycles. The van der Waals surface area contributed by atoms with Crippen molar-refractivity contribution in [3.05, 3.63) is 41.7 Å². The maximum atomic E-state index is 4.27. The second-order valence-corrected chi connectivity index (χ2v) is 3.91. The van der Waals surface area contributed by atoms with Gasteiger partial charge in [0.25, 0.3) is 0 Å². The van der Waals surface area contributed by atoms with E-state index in [9.17, 15) is 0 Å². The molecule has 2 heterocycles. The molecule has 3 nitrogen and oxygen atoms in total. The van der Waals surface area contributed by atoms with Crippen molar-refractivity contribution < 1.29 is 0 Å². The van der Waals surface area contributed by atoms with Gasteiger partial charge in [-0.25, -0.2) is 0 Å². The number of anilines is 2. The lowest BCUT2D eigenvalue weighted by atomic mass is 10.1. The zero-order valence-electron chi connectivity index (χ0n) is 8.70. The predicted molar refractivity (Wildman–Crippen MR) is 60.3 cm³/mol. The zero-order valence-corrected chi connectivity index (χ0v) is 8.70. The Kier molecular flexibility index (Phi) is 1.78. The molecule has 0 atom stereocenters. The summed E-state index contributed by atoms with van der Waals surface area (Å²) in [4.78, 5) is 0. The molecule has 15 heavy (non-hydrogen) atoms. The first-order valence-electron chi connectivity index (χ1n) is 5.20. The Labute approximate surface area is 88.7 Å². The van der Waals surface area contributed by atoms with E-state index < -0.39 is 0 Å². The molecular weight excluding hydrogens is 186 g/mol. The number of aryl methyl sites for hydroxylation is 2. The van der Waals surface area contributed by atoms with E-state index in [1.807, 2.05) is 17.9 Å². The van der Waals surface area contributed by atoms with Gasteiger partial charge in [-0.1, -0.05) is 18.2 Å². The van der Waals surface area contributed by atoms with E-state index in [1.54, 1.807) is 0 Å². The highest BCUT2D eigenvalue weighted by atomic mass is 15.3. The van der Waals surface area contributed by atoms with Crippen LogP contribution in [0.1, 0.15) is 11.3 Å². The fourth-order valence-corrected chi connectivity index (χ4v) is 2.12. The first-order chi connectivity index (χ1) is 7.34. The van der Waals surface area contributed by atoms with Crippen molar-refractivity contribution in [3.8, 4) is 0 Å². The zero-order chi connectivity index (χ0) is 10.3. The number of rotatable bonds is 0. The fourth-order valence-electron chi connectivity index (χ4n) is 2.12. The second kappa shape index (κ2) is 3.12. The summed E-state index contributed by atoms with van der Waals surface area (Å²) in [6.45, 7) is 0. The molecular formula is C12H13N3. The molecule has 3 rings (SSSR count). The minimum absolute atomic E-state index is 1.05. The van der Waals surface area contributed by atoms with Gasteiger partial charge >= 0.3 is 0 Å². The summed E-state index contributed by atoms with van der Waals surface area (Å²) >= 11 is 0. The highest BCUT2D eigenvalue weighted by molar-refractivity contribution is 5.66. The topological polar surface area (TPSA) is 29.9 Å². The van der Waals surface area contributed by atoms with E-state index in [2.05, 4.69) is 34.7 Å². The van der Waals surface area contributed by atoms with Crippen molar-refractivity contribution in [1.82, 2.24) is 9.78 Å². The van der Waals surface area contributed by atoms with E-state index in [0.29, 0.717) is 0 Å². The van der Waals surface area contributed by atoms with Crippen LogP contribution in [0, 0.1) is 0 Å². The fraction of sp³-hybridized carbons (Fsp3) is 0.250. The van der Waals surface area contributed by atoms with Gasteiger partial charge in [0.1, 0.15) is 0 Å². The van der Waals surface area contributed by atoms with Gasteiger partial charge in [0.2, 0.25) is 0 Å². The normalized spacial score (nSPS) is 13.7. The number of aromatic nitrogens is 2. The molecule has 0 unspecified atom stereocenters. The lowest BCUT2D eigenvalue weighted by Crippen LogP contribution is -1.99. The van der Waals surface area contributed by atoms with Crippen LogP contribution in [-0.2, 0) is 19.9 Å². The van der Waals surface area contributed by atoms with E-state index in [0.717, 1.165) is 18.5 Å². The molecule has 1 aromatic carbocycles. The molecule has 1 aliphatic rings. The van der Waals surface area contributed by atoms with Crippen LogP contribution in [0.3, 0.4) is 0 Å². The third-order valence-electron chi connectivity index (χ3n) is 2.98. The molecule has 0 aliphatic carbocycles. The van der Waals surface area contributed by atoms with Gasteiger partial charge in [-0.2, -0.15) is 5.10 Å². The van der Waals surface area contributed by atoms with Crippen LogP contribution in [0.25, 0.3) is 0 Å². The molecule has 3 heteroatoms. The van der Waals surface area contributed by atoms with Crippen LogP contribution < -0.4 is 5.32 Å². The second-order valence-electron chi connectivity index (χ2n) is 3.91. The quantitative estimate of drug-likeness (QED) is 0.705. The monoisotopic (exact) mass is 199 g/mol. The number of nitrogens with one attached hydrogen (secondary N) is 1. The SMILES string of the molecule is Cn1ncc2c1CCc1ccccc1N2. The minimum atomic E-state index is 1.05. The Hall–Kier alpha value is -1.77. The molecule has 0 bridgehead atoms. The van der Waals surface area contributed by atoms with Crippen molar-refractivity contribution in [1.29, 1.82) is 0 Å². The van der Waals surface area contributed by atoms with Crippen LogP contribution in [0.5, 0.6) is 0 Å². The molecule has 0 radical (unpaired) electrons. The van der Waals surface area contributed by atoms with Crippen LogP contribution in [0.2, 0.25) is 0 Å². The maximum absolute atomic E-state index is 4.27. The Balaban J connectivity index is 2.10. The molecule has 1 aliphatic heterocycles. The molecule has 1 N–H and O–H groups in total. The highest BCUT2D eigenvalue weighted by Gasteiger charge is 2.14. The summed E-state index contributed by atoms with van der Waals surface area (Å²) in [5.74, 6) is 0. The molecule has 0 amide bonds. The lowest BCUT2D eigenvalue weighted by Gasteiger charge is -2.05. The number of hydrogen-bond acceptors (Lipinski definition) is 2. The van der Waals surface area contributed by atoms with Crippen molar-refractivity contribution >= 4 is 11.4 Å². The maximum Gasteiger partial charge on any atom is 0.0803 e.